The Morgan fingerprint density at radius 2 is 0.842 bits per heavy atom. The number of fused-ring (bicyclic) bond motifs is 4. The van der Waals surface area contributed by atoms with Crippen molar-refractivity contribution in [3.8, 4) is 0 Å². The molecule has 0 fully saturated rings. The molecule has 0 saturated carbocycles. The van der Waals surface area contributed by atoms with Gasteiger partial charge in [0.15, 0.2) is 0 Å². The summed E-state index contributed by atoms with van der Waals surface area (Å²) in [5.74, 6) is -2.94. The maximum absolute atomic E-state index is 12.8. The molecular formula is C31H23BN4O2. The second-order valence-corrected chi connectivity index (χ2v) is 9.33. The van der Waals surface area contributed by atoms with E-state index < -0.39 is 17.6 Å². The third-order valence-electron chi connectivity index (χ3n) is 6.97. The Balaban J connectivity index is 1.22. The van der Waals surface area contributed by atoms with Crippen molar-refractivity contribution in [2.45, 2.75) is 18.7 Å². The number of rotatable bonds is 4. The van der Waals surface area contributed by atoms with Gasteiger partial charge in [-0.2, -0.15) is 10.2 Å². The summed E-state index contributed by atoms with van der Waals surface area (Å²) >= 11 is 0. The van der Waals surface area contributed by atoms with Crippen molar-refractivity contribution >= 4 is 31.1 Å². The second kappa shape index (κ2) is 9.94. The first kappa shape index (κ1) is 23.6. The maximum atomic E-state index is 12.8. The molecule has 0 spiro atoms. The lowest BCUT2D eigenvalue weighted by molar-refractivity contribution is -0.129. The monoisotopic (exact) mass is 494 g/mol. The van der Waals surface area contributed by atoms with Crippen LogP contribution in [0.3, 0.4) is 0 Å². The van der Waals surface area contributed by atoms with Crippen molar-refractivity contribution in [1.82, 2.24) is 10.9 Å². The van der Waals surface area contributed by atoms with Crippen LogP contribution in [0.25, 0.3) is 0 Å². The fraction of sp³-hybridized carbons (Fsp3) is 0.0968. The molecular weight excluding hydrogens is 471 g/mol. The van der Waals surface area contributed by atoms with Gasteiger partial charge in [0, 0.05) is 22.3 Å². The second-order valence-electron chi connectivity index (χ2n) is 9.33. The summed E-state index contributed by atoms with van der Waals surface area (Å²) in [6, 6.07) is 31.7. The van der Waals surface area contributed by atoms with E-state index in [4.69, 9.17) is 7.85 Å². The highest BCUT2D eigenvalue weighted by Gasteiger charge is 2.25. The fourth-order valence-corrected chi connectivity index (χ4v) is 5.04. The van der Waals surface area contributed by atoms with E-state index in [9.17, 15) is 9.59 Å². The molecule has 6 nitrogen and oxygen atoms in total. The van der Waals surface area contributed by atoms with E-state index in [-0.39, 0.29) is 0 Å². The SMILES string of the molecule is [B]C(C(=O)NN=C1c2ccccc2Cc2ccccc21)C(=O)NN=C1c2ccccc2Cc2ccccc21. The third-order valence-corrected chi connectivity index (χ3v) is 6.97. The van der Waals surface area contributed by atoms with Crippen molar-refractivity contribution in [3.63, 3.8) is 0 Å². The van der Waals surface area contributed by atoms with Crippen LogP contribution < -0.4 is 10.9 Å². The first-order valence-electron chi connectivity index (χ1n) is 12.4. The van der Waals surface area contributed by atoms with E-state index in [2.05, 4.69) is 21.1 Å². The Kier molecular flexibility index (Phi) is 6.18. The summed E-state index contributed by atoms with van der Waals surface area (Å²) in [4.78, 5) is 25.7. The van der Waals surface area contributed by atoms with Crippen molar-refractivity contribution < 1.29 is 9.59 Å². The quantitative estimate of drug-likeness (QED) is 0.222. The molecule has 0 saturated heterocycles. The predicted octanol–water partition coefficient (Wildman–Crippen LogP) is 3.89. The minimum atomic E-state index is -1.49. The molecule has 0 atom stereocenters. The molecule has 0 heterocycles. The fourth-order valence-electron chi connectivity index (χ4n) is 5.04. The average molecular weight is 494 g/mol. The lowest BCUT2D eigenvalue weighted by atomic mass is 9.84. The van der Waals surface area contributed by atoms with Gasteiger partial charge in [0.25, 0.3) is 0 Å². The van der Waals surface area contributed by atoms with Gasteiger partial charge >= 0.3 is 0 Å². The molecule has 2 aliphatic rings. The minimum Gasteiger partial charge on any atom is -0.273 e. The molecule has 0 unspecified atom stereocenters. The summed E-state index contributed by atoms with van der Waals surface area (Å²) in [7, 11) is 6.01. The Labute approximate surface area is 221 Å². The molecule has 0 aromatic heterocycles. The first-order valence-corrected chi connectivity index (χ1v) is 12.4. The highest BCUT2D eigenvalue weighted by Crippen LogP contribution is 2.28. The zero-order valence-electron chi connectivity index (χ0n) is 20.5. The molecule has 182 valence electrons. The van der Waals surface area contributed by atoms with E-state index in [0.717, 1.165) is 57.3 Å². The van der Waals surface area contributed by atoms with E-state index in [1.807, 2.05) is 97.1 Å². The molecule has 4 aromatic rings. The summed E-state index contributed by atoms with van der Waals surface area (Å²) in [6.45, 7) is 0. The van der Waals surface area contributed by atoms with Crippen molar-refractivity contribution in [2.75, 3.05) is 0 Å². The summed E-state index contributed by atoms with van der Waals surface area (Å²) in [6.07, 6.45) is 1.57. The van der Waals surface area contributed by atoms with Gasteiger partial charge in [0.05, 0.1) is 25.1 Å². The van der Waals surface area contributed by atoms with Crippen molar-refractivity contribution in [1.29, 1.82) is 0 Å². The molecule has 2 aliphatic carbocycles. The van der Waals surface area contributed by atoms with Crippen molar-refractivity contribution in [3.05, 3.63) is 142 Å². The van der Waals surface area contributed by atoms with Crippen LogP contribution in [0, 0.1) is 0 Å². The maximum Gasteiger partial charge on any atom is 0.243 e. The number of carbonyl (C=O) groups is 2. The highest BCUT2D eigenvalue weighted by molar-refractivity contribution is 6.36. The van der Waals surface area contributed by atoms with Crippen molar-refractivity contribution in [2.24, 2.45) is 10.2 Å². The van der Waals surface area contributed by atoms with Crippen LogP contribution in [-0.2, 0) is 22.4 Å². The van der Waals surface area contributed by atoms with E-state index >= 15 is 0 Å². The number of nitrogens with one attached hydrogen (secondary N) is 2. The predicted molar refractivity (Wildman–Crippen MR) is 148 cm³/mol. The number of benzene rings is 4. The van der Waals surface area contributed by atoms with Gasteiger partial charge in [0.1, 0.15) is 0 Å². The molecule has 2 N–H and O–H groups in total. The average Bonchev–Trinajstić information content (AvgIpc) is 2.96. The number of carbonyl (C=O) groups excluding carboxylic acids is 2. The van der Waals surface area contributed by atoms with Gasteiger partial charge in [0.2, 0.25) is 11.8 Å². The van der Waals surface area contributed by atoms with Crippen LogP contribution in [0.1, 0.15) is 44.5 Å². The molecule has 7 heteroatoms. The molecule has 2 amide bonds. The van der Waals surface area contributed by atoms with E-state index in [1.165, 1.54) is 0 Å². The smallest absolute Gasteiger partial charge is 0.243 e. The van der Waals surface area contributed by atoms with Crippen LogP contribution in [0.15, 0.2) is 107 Å². The summed E-state index contributed by atoms with van der Waals surface area (Å²) in [5, 5.41) is 8.80. The Bertz CT molecular complexity index is 1430. The molecule has 6 rings (SSSR count). The lowest BCUT2D eigenvalue weighted by Crippen LogP contribution is -2.35. The Morgan fingerprint density at radius 3 is 1.16 bits per heavy atom. The van der Waals surface area contributed by atoms with Crippen LogP contribution in [-0.4, -0.2) is 31.1 Å². The lowest BCUT2D eigenvalue weighted by Gasteiger charge is -2.22. The number of hydrazone groups is 2. The summed E-state index contributed by atoms with van der Waals surface area (Å²) in [5.41, 5.74) is 14.5. The van der Waals surface area contributed by atoms with Crippen LogP contribution in [0.2, 0.25) is 5.82 Å². The standard InChI is InChI=1S/C31H23BN4O2/c32-27(30(37)35-33-28-23-13-5-1-9-19(23)17-20-10-2-6-14-24(20)28)31(38)36-34-29-25-15-7-3-11-21(25)18-22-12-4-8-16-26(22)29/h1-16,27H,17-18H2,(H,35,37)(H,36,38). The van der Waals surface area contributed by atoms with E-state index in [1.54, 1.807) is 0 Å². The zero-order chi connectivity index (χ0) is 26.1. The van der Waals surface area contributed by atoms with Crippen LogP contribution >= 0.6 is 0 Å². The van der Waals surface area contributed by atoms with Gasteiger partial charge in [-0.05, 0) is 35.1 Å². The third kappa shape index (κ3) is 4.32. The molecule has 38 heavy (non-hydrogen) atoms. The van der Waals surface area contributed by atoms with Gasteiger partial charge in [-0.25, -0.2) is 10.9 Å². The number of nitrogens with zero attached hydrogens (tertiary/aromatic N) is 2. The largest absolute Gasteiger partial charge is 0.273 e. The number of hydrogen-bond acceptors (Lipinski definition) is 4. The Hall–Kier alpha value is -4.78. The van der Waals surface area contributed by atoms with Crippen LogP contribution in [0.4, 0.5) is 0 Å². The zero-order valence-corrected chi connectivity index (χ0v) is 20.5. The normalized spacial score (nSPS) is 13.0. The van der Waals surface area contributed by atoms with E-state index in [0.29, 0.717) is 11.4 Å². The Morgan fingerprint density at radius 1 is 0.553 bits per heavy atom. The van der Waals surface area contributed by atoms with Gasteiger partial charge in [-0.1, -0.05) is 97.1 Å². The molecule has 4 aromatic carbocycles. The van der Waals surface area contributed by atoms with Crippen LogP contribution in [0.5, 0.6) is 0 Å². The summed E-state index contributed by atoms with van der Waals surface area (Å²) < 4.78 is 0. The number of amides is 2. The topological polar surface area (TPSA) is 82.9 Å². The highest BCUT2D eigenvalue weighted by atomic mass is 16.2. The molecule has 2 radical (unpaired) electrons. The minimum absolute atomic E-state index is 0.638. The van der Waals surface area contributed by atoms with Gasteiger partial charge in [-0.15, -0.1) is 0 Å². The van der Waals surface area contributed by atoms with Gasteiger partial charge < -0.3 is 0 Å². The molecule has 0 bridgehead atoms. The molecule has 0 aliphatic heterocycles. The number of hydrogen-bond donors (Lipinski definition) is 2. The first-order chi connectivity index (χ1) is 18.6. The van der Waals surface area contributed by atoms with Gasteiger partial charge in [-0.3, -0.25) is 9.59 Å².